The number of hydrogen-bond acceptors (Lipinski definition) is 3. The second kappa shape index (κ2) is 6.65. The van der Waals surface area contributed by atoms with E-state index in [0.29, 0.717) is 16.0 Å². The molecular weight excluding hydrogens is 370 g/mol. The second-order valence-electron chi connectivity index (χ2n) is 4.15. The first kappa shape index (κ1) is 19.7. The molecule has 0 saturated carbocycles. The summed E-state index contributed by atoms with van der Waals surface area (Å²) in [5.41, 5.74) is -9.79. The van der Waals surface area contributed by atoms with Crippen LogP contribution in [0.4, 0.5) is 26.3 Å². The van der Waals surface area contributed by atoms with Crippen molar-refractivity contribution in [1.82, 2.24) is 0 Å². The summed E-state index contributed by atoms with van der Waals surface area (Å²) in [7, 11) is -7.79. The van der Waals surface area contributed by atoms with Crippen molar-refractivity contribution in [2.24, 2.45) is 0 Å². The highest BCUT2D eigenvalue weighted by molar-refractivity contribution is 7.86. The lowest BCUT2D eigenvalue weighted by molar-refractivity contribution is -0.0867. The molecule has 2 rings (SSSR count). The Kier molecular flexibility index (Phi) is 5.70. The number of benzene rings is 1. The lowest BCUT2D eigenvalue weighted by Crippen LogP contribution is -2.21. The van der Waals surface area contributed by atoms with Crippen LogP contribution in [0.3, 0.4) is 0 Å². The van der Waals surface area contributed by atoms with Crippen LogP contribution in [0.5, 0.6) is 0 Å². The molecule has 0 N–H and O–H groups in total. The zero-order valence-electron chi connectivity index (χ0n) is 11.4. The van der Waals surface area contributed by atoms with Crippen LogP contribution >= 0.6 is 10.5 Å². The Hall–Kier alpha value is -1.33. The Morgan fingerprint density at radius 3 is 1.96 bits per heavy atom. The van der Waals surface area contributed by atoms with Crippen molar-refractivity contribution < 1.29 is 39.3 Å². The van der Waals surface area contributed by atoms with Gasteiger partial charge in [-0.25, -0.2) is 8.42 Å². The van der Waals surface area contributed by atoms with Crippen molar-refractivity contribution >= 4 is 30.7 Å². The van der Waals surface area contributed by atoms with Crippen molar-refractivity contribution in [2.45, 2.75) is 24.4 Å². The first-order valence-electron chi connectivity index (χ1n) is 5.92. The van der Waals surface area contributed by atoms with E-state index in [1.54, 1.807) is 37.3 Å². The Bertz CT molecular complexity index is 774. The van der Waals surface area contributed by atoms with Gasteiger partial charge in [0, 0.05) is 17.9 Å². The summed E-state index contributed by atoms with van der Waals surface area (Å²) in [6.07, 6.45) is 0.456. The molecule has 0 amide bonds. The Balaban J connectivity index is 0.000000284. The van der Waals surface area contributed by atoms with Crippen LogP contribution in [-0.4, -0.2) is 18.5 Å². The van der Waals surface area contributed by atoms with Gasteiger partial charge in [0.05, 0.1) is 10.5 Å². The zero-order chi connectivity index (χ0) is 18.1. The first-order valence-corrected chi connectivity index (χ1v) is 8.55. The average molecular weight is 380 g/mol. The lowest BCUT2D eigenvalue weighted by atomic mass is 10.2. The fourth-order valence-electron chi connectivity index (χ4n) is 1.68. The summed E-state index contributed by atoms with van der Waals surface area (Å²) in [6, 6.07) is 8.42. The number of rotatable bonds is 1. The third kappa shape index (κ3) is 4.82. The van der Waals surface area contributed by atoms with Gasteiger partial charge in [-0.05, 0) is 12.1 Å². The fraction of sp³-hybridized carbons (Fsp3) is 0.333. The highest BCUT2D eigenvalue weighted by Crippen LogP contribution is 2.50. The molecule has 0 aliphatic rings. The van der Waals surface area contributed by atoms with Gasteiger partial charge in [-0.15, -0.1) is 13.2 Å². The van der Waals surface area contributed by atoms with Crippen LogP contribution in [0.15, 0.2) is 30.3 Å². The molecule has 0 aliphatic heterocycles. The molecule has 1 aromatic carbocycles. The second-order valence-corrected chi connectivity index (χ2v) is 7.56. The summed E-state index contributed by atoms with van der Waals surface area (Å²) >= 11 is 0. The summed E-state index contributed by atoms with van der Waals surface area (Å²) in [4.78, 5) is 0.490. The minimum Gasteiger partial charge on any atom is -0.741 e. The number of fused-ring (bicyclic) bond motifs is 1. The van der Waals surface area contributed by atoms with Crippen LogP contribution in [0.2, 0.25) is 0 Å². The number of halogens is 6. The first-order chi connectivity index (χ1) is 10.3. The third-order valence-corrected chi connectivity index (χ3v) is 5.35. The molecule has 0 spiro atoms. The number of aryl methyl sites for hydroxylation is 1. The molecule has 1 atom stereocenters. The zero-order valence-corrected chi connectivity index (χ0v) is 13.0. The predicted molar refractivity (Wildman–Crippen MR) is 72.9 cm³/mol. The number of thiophene rings is 1. The van der Waals surface area contributed by atoms with Gasteiger partial charge in [-0.1, -0.05) is 19.1 Å². The smallest absolute Gasteiger partial charge is 0.600 e. The third-order valence-electron chi connectivity index (χ3n) is 2.58. The van der Waals surface area contributed by atoms with Crippen molar-refractivity contribution in [3.63, 3.8) is 0 Å². The van der Waals surface area contributed by atoms with Crippen LogP contribution in [0.25, 0.3) is 10.1 Å². The minimum atomic E-state index is -6.09. The van der Waals surface area contributed by atoms with Gasteiger partial charge in [0.15, 0.2) is 19.7 Å². The van der Waals surface area contributed by atoms with Gasteiger partial charge in [-0.3, -0.25) is 0 Å². The van der Waals surface area contributed by atoms with Crippen molar-refractivity contribution in [2.75, 3.05) is 0 Å². The maximum atomic E-state index is 12.8. The summed E-state index contributed by atoms with van der Waals surface area (Å²) in [6.45, 7) is 1.77. The van der Waals surface area contributed by atoms with Crippen LogP contribution in [0.1, 0.15) is 11.8 Å². The molecule has 23 heavy (non-hydrogen) atoms. The minimum absolute atomic E-state index is 0.418. The van der Waals surface area contributed by atoms with E-state index in [1.165, 1.54) is 0 Å². The Morgan fingerprint density at radius 2 is 1.57 bits per heavy atom. The normalized spacial score (nSPS) is 13.7. The molecule has 0 bridgehead atoms. The van der Waals surface area contributed by atoms with Crippen LogP contribution < -0.4 is 0 Å². The lowest BCUT2D eigenvalue weighted by Gasteiger charge is -2.08. The van der Waals surface area contributed by atoms with Gasteiger partial charge < -0.3 is 4.55 Å². The molecule has 1 aromatic heterocycles. The molecule has 1 heterocycles. The van der Waals surface area contributed by atoms with E-state index in [2.05, 4.69) is 0 Å². The SMILES string of the molecule is CCc1cc2ccccc2[s+]1C(F)(F)F.O=S(=O)([O-])C(F)(F)F. The fourth-order valence-corrected chi connectivity index (χ4v) is 3.62. The summed E-state index contributed by atoms with van der Waals surface area (Å²) in [5.74, 6) is 0. The molecular formula is C12H10F6O3S2. The van der Waals surface area contributed by atoms with E-state index in [4.69, 9.17) is 13.0 Å². The quantitative estimate of drug-likeness (QED) is 0.312. The van der Waals surface area contributed by atoms with Crippen molar-refractivity contribution in [3.8, 4) is 0 Å². The molecule has 1 unspecified atom stereocenters. The van der Waals surface area contributed by atoms with Crippen molar-refractivity contribution in [3.05, 3.63) is 35.2 Å². The predicted octanol–water partition coefficient (Wildman–Crippen LogP) is 4.68. The van der Waals surface area contributed by atoms with Gasteiger partial charge >= 0.3 is 11.0 Å². The summed E-state index contributed by atoms with van der Waals surface area (Å²) in [5, 5.41) is 0.718. The van der Waals surface area contributed by atoms with E-state index < -0.39 is 31.6 Å². The van der Waals surface area contributed by atoms with Gasteiger partial charge in [0.1, 0.15) is 0 Å². The Labute approximate surface area is 130 Å². The highest BCUT2D eigenvalue weighted by atomic mass is 32.2. The highest BCUT2D eigenvalue weighted by Gasteiger charge is 2.47. The number of hydrogen-bond donors (Lipinski definition) is 0. The van der Waals surface area contributed by atoms with Crippen LogP contribution in [0, 0.1) is 0 Å². The van der Waals surface area contributed by atoms with Crippen molar-refractivity contribution in [1.29, 1.82) is 0 Å². The standard InChI is InChI=1S/C11H10F3S.CHF3O3S/c1-2-9-7-8-5-3-4-6-10(8)15(9)11(12,13)14;2-1(3,4)8(5,6)7/h3-7H,2H2,1H3;(H,5,6,7)/q+1;/p-1. The van der Waals surface area contributed by atoms with E-state index in [-0.39, 0.29) is 0 Å². The molecule has 130 valence electrons. The van der Waals surface area contributed by atoms with Crippen LogP contribution in [-0.2, 0) is 22.0 Å². The van der Waals surface area contributed by atoms with E-state index in [1.807, 2.05) is 0 Å². The maximum Gasteiger partial charge on any atom is 0.600 e. The molecule has 11 heteroatoms. The molecule has 0 aliphatic carbocycles. The van der Waals surface area contributed by atoms with Gasteiger partial charge in [0.2, 0.25) is 0 Å². The monoisotopic (exact) mass is 380 g/mol. The molecule has 3 nitrogen and oxygen atoms in total. The van der Waals surface area contributed by atoms with E-state index >= 15 is 0 Å². The van der Waals surface area contributed by atoms with E-state index in [0.717, 1.165) is 5.39 Å². The van der Waals surface area contributed by atoms with E-state index in [9.17, 15) is 26.3 Å². The van der Waals surface area contributed by atoms with Gasteiger partial charge in [0.25, 0.3) is 0 Å². The number of alkyl halides is 6. The molecule has 0 fully saturated rings. The molecule has 2 aromatic rings. The summed E-state index contributed by atoms with van der Waals surface area (Å²) < 4.78 is 97.9. The average Bonchev–Trinajstić information content (AvgIpc) is 2.75. The van der Waals surface area contributed by atoms with Gasteiger partial charge in [-0.2, -0.15) is 13.2 Å². The largest absolute Gasteiger partial charge is 0.741 e. The Morgan fingerprint density at radius 1 is 1.09 bits per heavy atom. The topological polar surface area (TPSA) is 57.2 Å². The molecule has 0 radical (unpaired) electrons. The maximum absolute atomic E-state index is 12.8. The molecule has 0 saturated heterocycles.